The molecule has 1 aliphatic heterocycles. The summed E-state index contributed by atoms with van der Waals surface area (Å²) in [6.45, 7) is 4.57. The molecule has 0 saturated heterocycles. The molecule has 1 heterocycles. The molecule has 8 aromatic rings. The van der Waals surface area contributed by atoms with E-state index in [0.717, 1.165) is 45.4 Å². The Labute approximate surface area is 316 Å². The van der Waals surface area contributed by atoms with Crippen molar-refractivity contribution in [1.29, 1.82) is 0 Å². The van der Waals surface area contributed by atoms with Crippen molar-refractivity contribution in [2.45, 2.75) is 19.3 Å². The fraction of sp³-hybridized carbons (Fsp3) is 0.0588. The van der Waals surface area contributed by atoms with Crippen molar-refractivity contribution in [3.8, 4) is 67.5 Å². The molecular formula is C51H37NO2. The highest BCUT2D eigenvalue weighted by Crippen LogP contribution is 2.56. The van der Waals surface area contributed by atoms with Crippen LogP contribution in [0.4, 0.5) is 17.1 Å². The second-order valence-electron chi connectivity index (χ2n) is 14.6. The molecule has 0 saturated carbocycles. The molecule has 0 atom stereocenters. The summed E-state index contributed by atoms with van der Waals surface area (Å²) in [7, 11) is 0. The minimum Gasteiger partial charge on any atom is -0.449 e. The highest BCUT2D eigenvalue weighted by atomic mass is 16.6. The molecule has 3 nitrogen and oxygen atoms in total. The van der Waals surface area contributed by atoms with Gasteiger partial charge in [-0.2, -0.15) is 0 Å². The number of benzene rings is 8. The first-order valence-corrected chi connectivity index (χ1v) is 18.5. The number of hydrogen-bond acceptors (Lipinski definition) is 3. The SMILES string of the molecule is CC1(C)c2ccccc2-c2cc3c(cc21)Oc1c(cccc1-c1ccc(N(c2ccc(-c4ccccc4)cc2)c2ccc(-c4ccccc4)cc2)cc1)O3. The van der Waals surface area contributed by atoms with Gasteiger partial charge >= 0.3 is 0 Å². The summed E-state index contributed by atoms with van der Waals surface area (Å²) in [4.78, 5) is 2.31. The molecule has 3 heteroatoms. The number of nitrogens with zero attached hydrogens (tertiary/aromatic N) is 1. The number of ether oxygens (including phenoxy) is 2. The Hall–Kier alpha value is -6.84. The molecule has 8 aromatic carbocycles. The van der Waals surface area contributed by atoms with E-state index < -0.39 is 0 Å². The highest BCUT2D eigenvalue weighted by Gasteiger charge is 2.37. The van der Waals surface area contributed by atoms with Crippen molar-refractivity contribution in [3.05, 3.63) is 199 Å². The predicted molar refractivity (Wildman–Crippen MR) is 222 cm³/mol. The average Bonchev–Trinajstić information content (AvgIpc) is 3.45. The van der Waals surface area contributed by atoms with Gasteiger partial charge in [0.2, 0.25) is 0 Å². The minimum absolute atomic E-state index is 0.129. The van der Waals surface area contributed by atoms with Crippen molar-refractivity contribution in [2.75, 3.05) is 4.90 Å². The van der Waals surface area contributed by atoms with Crippen LogP contribution in [-0.4, -0.2) is 0 Å². The fourth-order valence-corrected chi connectivity index (χ4v) is 8.13. The average molecular weight is 696 g/mol. The fourth-order valence-electron chi connectivity index (χ4n) is 8.13. The van der Waals surface area contributed by atoms with E-state index in [-0.39, 0.29) is 5.41 Å². The van der Waals surface area contributed by atoms with Gasteiger partial charge in [0.25, 0.3) is 0 Å². The third-order valence-corrected chi connectivity index (χ3v) is 11.0. The molecule has 54 heavy (non-hydrogen) atoms. The van der Waals surface area contributed by atoms with E-state index in [0.29, 0.717) is 5.75 Å². The van der Waals surface area contributed by atoms with Gasteiger partial charge < -0.3 is 14.4 Å². The Kier molecular flexibility index (Phi) is 7.48. The molecule has 2 aliphatic rings. The maximum atomic E-state index is 6.76. The molecule has 0 fully saturated rings. The molecule has 0 unspecified atom stereocenters. The lowest BCUT2D eigenvalue weighted by Gasteiger charge is -2.27. The number of rotatable bonds is 6. The molecule has 1 aliphatic carbocycles. The van der Waals surface area contributed by atoms with Gasteiger partial charge in [0.1, 0.15) is 0 Å². The molecule has 258 valence electrons. The van der Waals surface area contributed by atoms with E-state index in [1.165, 1.54) is 44.5 Å². The van der Waals surface area contributed by atoms with E-state index in [9.17, 15) is 0 Å². The van der Waals surface area contributed by atoms with Gasteiger partial charge in [-0.3, -0.25) is 0 Å². The van der Waals surface area contributed by atoms with Crippen molar-refractivity contribution in [3.63, 3.8) is 0 Å². The topological polar surface area (TPSA) is 21.7 Å². The maximum absolute atomic E-state index is 6.76. The smallest absolute Gasteiger partial charge is 0.177 e. The Morgan fingerprint density at radius 1 is 0.352 bits per heavy atom. The first kappa shape index (κ1) is 31.9. The van der Waals surface area contributed by atoms with Crippen LogP contribution in [0.1, 0.15) is 25.0 Å². The van der Waals surface area contributed by atoms with Crippen LogP contribution in [0, 0.1) is 0 Å². The first-order valence-electron chi connectivity index (χ1n) is 18.5. The maximum Gasteiger partial charge on any atom is 0.177 e. The number of fused-ring (bicyclic) bond motifs is 5. The summed E-state index contributed by atoms with van der Waals surface area (Å²) >= 11 is 0. The van der Waals surface area contributed by atoms with Gasteiger partial charge in [0, 0.05) is 28.0 Å². The molecular weight excluding hydrogens is 659 g/mol. The van der Waals surface area contributed by atoms with Gasteiger partial charge in [0.05, 0.1) is 0 Å². The summed E-state index contributed by atoms with van der Waals surface area (Å²) in [6, 6.07) is 66.5. The molecule has 0 bridgehead atoms. The second-order valence-corrected chi connectivity index (χ2v) is 14.6. The summed E-state index contributed by atoms with van der Waals surface area (Å²) in [5, 5.41) is 0. The van der Waals surface area contributed by atoms with Gasteiger partial charge in [0.15, 0.2) is 23.0 Å². The molecule has 0 radical (unpaired) electrons. The number of anilines is 3. The van der Waals surface area contributed by atoms with Crippen LogP contribution in [0.5, 0.6) is 23.0 Å². The van der Waals surface area contributed by atoms with Crippen molar-refractivity contribution >= 4 is 17.1 Å². The largest absolute Gasteiger partial charge is 0.449 e. The zero-order valence-corrected chi connectivity index (χ0v) is 30.2. The third-order valence-electron chi connectivity index (χ3n) is 11.0. The highest BCUT2D eigenvalue weighted by molar-refractivity contribution is 5.85. The van der Waals surface area contributed by atoms with E-state index >= 15 is 0 Å². The minimum atomic E-state index is -0.129. The lowest BCUT2D eigenvalue weighted by molar-refractivity contribution is 0.360. The van der Waals surface area contributed by atoms with Crippen molar-refractivity contribution < 1.29 is 9.47 Å². The second kappa shape index (κ2) is 12.7. The van der Waals surface area contributed by atoms with Crippen LogP contribution in [0.2, 0.25) is 0 Å². The van der Waals surface area contributed by atoms with Gasteiger partial charge in [-0.05, 0) is 105 Å². The van der Waals surface area contributed by atoms with Crippen LogP contribution in [0.25, 0.3) is 44.5 Å². The number of para-hydroxylation sites is 1. The van der Waals surface area contributed by atoms with E-state index in [1.54, 1.807) is 0 Å². The summed E-state index contributed by atoms with van der Waals surface area (Å²) in [5.41, 5.74) is 15.0. The Morgan fingerprint density at radius 3 is 1.43 bits per heavy atom. The van der Waals surface area contributed by atoms with Crippen LogP contribution in [-0.2, 0) is 5.41 Å². The quantitative estimate of drug-likeness (QED) is 0.173. The van der Waals surface area contributed by atoms with Gasteiger partial charge in [-0.25, -0.2) is 0 Å². The molecule has 0 N–H and O–H groups in total. The number of hydrogen-bond donors (Lipinski definition) is 0. The Bertz CT molecular complexity index is 2560. The lowest BCUT2D eigenvalue weighted by Crippen LogP contribution is -2.15. The van der Waals surface area contributed by atoms with Gasteiger partial charge in [-0.1, -0.05) is 147 Å². The zero-order valence-electron chi connectivity index (χ0n) is 30.2. The van der Waals surface area contributed by atoms with E-state index in [2.05, 4.69) is 195 Å². The monoisotopic (exact) mass is 695 g/mol. The normalized spacial score (nSPS) is 13.1. The summed E-state index contributed by atoms with van der Waals surface area (Å²) < 4.78 is 13.3. The first-order chi connectivity index (χ1) is 26.5. The van der Waals surface area contributed by atoms with Crippen LogP contribution >= 0.6 is 0 Å². The molecule has 10 rings (SSSR count). The van der Waals surface area contributed by atoms with Crippen LogP contribution in [0.3, 0.4) is 0 Å². The van der Waals surface area contributed by atoms with Crippen LogP contribution < -0.4 is 14.4 Å². The molecule has 0 spiro atoms. The summed E-state index contributed by atoms with van der Waals surface area (Å²) in [5.74, 6) is 2.94. The van der Waals surface area contributed by atoms with Crippen molar-refractivity contribution in [2.24, 2.45) is 0 Å². The Morgan fingerprint density at radius 2 is 0.833 bits per heavy atom. The predicted octanol–water partition coefficient (Wildman–Crippen LogP) is 14.4. The lowest BCUT2D eigenvalue weighted by atomic mass is 9.82. The van der Waals surface area contributed by atoms with E-state index in [1.807, 2.05) is 12.1 Å². The molecule has 0 aromatic heterocycles. The summed E-state index contributed by atoms with van der Waals surface area (Å²) in [6.07, 6.45) is 0. The van der Waals surface area contributed by atoms with E-state index in [4.69, 9.17) is 9.47 Å². The standard InChI is InChI=1S/C51H37NO2/c1-51(2)45-18-10-9-16-43(45)44-32-48-49(33-46(44)51)54-50-42(17-11-19-47(50)53-48)38-24-30-41(31-25-38)52(39-26-20-36(21-27-39)34-12-5-3-6-13-34)40-28-22-37(23-29-40)35-14-7-4-8-15-35/h3-33H,1-2H3. The Balaban J connectivity index is 0.998. The van der Waals surface area contributed by atoms with Crippen molar-refractivity contribution in [1.82, 2.24) is 0 Å². The van der Waals surface area contributed by atoms with Gasteiger partial charge in [-0.15, -0.1) is 0 Å². The third kappa shape index (κ3) is 5.36. The molecule has 0 amide bonds. The van der Waals surface area contributed by atoms with Crippen LogP contribution in [0.15, 0.2) is 188 Å². The zero-order chi connectivity index (χ0) is 36.2.